The Hall–Kier alpha value is -2.20. The van der Waals surface area contributed by atoms with Gasteiger partial charge in [0.1, 0.15) is 12.0 Å². The quantitative estimate of drug-likeness (QED) is 0.510. The highest BCUT2D eigenvalue weighted by molar-refractivity contribution is 5.48. The normalized spacial score (nSPS) is 16.6. The number of likely N-dealkylation sites (tertiary alicyclic amines) is 1. The number of nitro groups is 1. The number of hydrogen-bond acceptors (Lipinski definition) is 6. The van der Waals surface area contributed by atoms with E-state index in [-0.39, 0.29) is 5.69 Å². The van der Waals surface area contributed by atoms with Crippen LogP contribution in [-0.4, -0.2) is 40.5 Å². The molecule has 7 heteroatoms. The third-order valence-electron chi connectivity index (χ3n) is 3.50. The maximum atomic E-state index is 10.7. The maximum Gasteiger partial charge on any atom is 0.287 e. The van der Waals surface area contributed by atoms with Crippen molar-refractivity contribution in [3.05, 3.63) is 27.9 Å². The third-order valence-corrected chi connectivity index (χ3v) is 3.50. The summed E-state index contributed by atoms with van der Waals surface area (Å²) in [4.78, 5) is 16.5. The van der Waals surface area contributed by atoms with Crippen LogP contribution in [0.15, 0.2) is 12.3 Å². The van der Waals surface area contributed by atoms with Crippen LogP contribution in [0.2, 0.25) is 0 Å². The Morgan fingerprint density at radius 1 is 1.60 bits per heavy atom. The predicted octanol–water partition coefficient (Wildman–Crippen LogP) is 1.70. The van der Waals surface area contributed by atoms with Gasteiger partial charge in [0, 0.05) is 25.2 Å². The van der Waals surface area contributed by atoms with Crippen LogP contribution < -0.4 is 5.32 Å². The molecule has 1 aromatic heterocycles. The molecule has 2 heterocycles. The molecule has 20 heavy (non-hydrogen) atoms. The molecule has 0 spiro atoms. The number of aryl methyl sites for hydroxylation is 1. The van der Waals surface area contributed by atoms with Crippen LogP contribution in [0.5, 0.6) is 0 Å². The Morgan fingerprint density at radius 2 is 2.30 bits per heavy atom. The molecule has 0 atom stereocenters. The molecule has 106 valence electrons. The first-order chi connectivity index (χ1) is 9.60. The molecule has 1 aliphatic heterocycles. The van der Waals surface area contributed by atoms with E-state index in [1.165, 1.54) is 12.3 Å². The van der Waals surface area contributed by atoms with E-state index < -0.39 is 4.92 Å². The SMILES string of the molecule is Cc1cc([N+](=O)[O-])cnc1NC1CCN(CC#N)CC1. The number of aromatic nitrogens is 1. The molecule has 1 fully saturated rings. The second kappa shape index (κ2) is 6.30. The summed E-state index contributed by atoms with van der Waals surface area (Å²) in [6, 6.07) is 3.99. The Bertz CT molecular complexity index is 532. The topological polar surface area (TPSA) is 95.1 Å². The van der Waals surface area contributed by atoms with Crippen molar-refractivity contribution >= 4 is 11.5 Å². The number of nitriles is 1. The number of nitrogens with one attached hydrogen (secondary N) is 1. The summed E-state index contributed by atoms with van der Waals surface area (Å²) in [5, 5.41) is 22.7. The molecule has 0 amide bonds. The number of hydrogen-bond donors (Lipinski definition) is 1. The van der Waals surface area contributed by atoms with E-state index in [9.17, 15) is 10.1 Å². The van der Waals surface area contributed by atoms with Gasteiger partial charge in [-0.1, -0.05) is 0 Å². The van der Waals surface area contributed by atoms with Crippen LogP contribution in [-0.2, 0) is 0 Å². The van der Waals surface area contributed by atoms with Gasteiger partial charge in [0.05, 0.1) is 17.5 Å². The molecule has 1 saturated heterocycles. The number of rotatable bonds is 4. The molecule has 0 bridgehead atoms. The summed E-state index contributed by atoms with van der Waals surface area (Å²) in [6.45, 7) is 4.06. The summed E-state index contributed by atoms with van der Waals surface area (Å²) in [5.74, 6) is 0.703. The van der Waals surface area contributed by atoms with Gasteiger partial charge in [-0.05, 0) is 25.3 Å². The van der Waals surface area contributed by atoms with Crippen molar-refractivity contribution in [2.24, 2.45) is 0 Å². The lowest BCUT2D eigenvalue weighted by Crippen LogP contribution is -2.39. The van der Waals surface area contributed by atoms with Crippen molar-refractivity contribution in [3.63, 3.8) is 0 Å². The van der Waals surface area contributed by atoms with E-state index in [1.807, 2.05) is 6.92 Å². The van der Waals surface area contributed by atoms with Crippen LogP contribution in [0, 0.1) is 28.4 Å². The molecule has 2 rings (SSSR count). The van der Waals surface area contributed by atoms with Crippen molar-refractivity contribution in [1.82, 2.24) is 9.88 Å². The molecule has 1 aliphatic rings. The smallest absolute Gasteiger partial charge is 0.287 e. The van der Waals surface area contributed by atoms with Crippen LogP contribution in [0.1, 0.15) is 18.4 Å². The first-order valence-electron chi connectivity index (χ1n) is 6.57. The number of piperidine rings is 1. The Balaban J connectivity index is 1.95. The third kappa shape index (κ3) is 3.42. The zero-order valence-corrected chi connectivity index (χ0v) is 11.4. The summed E-state index contributed by atoms with van der Waals surface area (Å²) in [5.41, 5.74) is 0.788. The van der Waals surface area contributed by atoms with E-state index in [2.05, 4.69) is 21.3 Å². The van der Waals surface area contributed by atoms with Gasteiger partial charge >= 0.3 is 0 Å². The summed E-state index contributed by atoms with van der Waals surface area (Å²) in [6.07, 6.45) is 3.17. The summed E-state index contributed by atoms with van der Waals surface area (Å²) in [7, 11) is 0. The zero-order chi connectivity index (χ0) is 14.5. The van der Waals surface area contributed by atoms with E-state index in [0.29, 0.717) is 18.4 Å². The standard InChI is InChI=1S/C13H17N5O2/c1-10-8-12(18(19)20)9-15-13(10)16-11-2-5-17(6-3-11)7-4-14/h8-9,11H,2-3,5-7H2,1H3,(H,15,16). The van der Waals surface area contributed by atoms with Gasteiger partial charge in [0.15, 0.2) is 0 Å². The van der Waals surface area contributed by atoms with Crippen LogP contribution >= 0.6 is 0 Å². The molecule has 0 aliphatic carbocycles. The largest absolute Gasteiger partial charge is 0.367 e. The van der Waals surface area contributed by atoms with Gasteiger partial charge in [-0.3, -0.25) is 15.0 Å². The van der Waals surface area contributed by atoms with Crippen molar-refractivity contribution in [1.29, 1.82) is 5.26 Å². The predicted molar refractivity (Wildman–Crippen MR) is 74.3 cm³/mol. The average molecular weight is 275 g/mol. The van der Waals surface area contributed by atoms with Gasteiger partial charge in [0.2, 0.25) is 0 Å². The minimum Gasteiger partial charge on any atom is -0.367 e. The lowest BCUT2D eigenvalue weighted by Gasteiger charge is -2.31. The molecule has 1 aromatic rings. The molecule has 0 unspecified atom stereocenters. The fourth-order valence-corrected chi connectivity index (χ4v) is 2.34. The van der Waals surface area contributed by atoms with Crippen LogP contribution in [0.4, 0.5) is 11.5 Å². The molecule has 1 N–H and O–H groups in total. The molecule has 0 aromatic carbocycles. The molecule has 0 saturated carbocycles. The molecular formula is C13H17N5O2. The van der Waals surface area contributed by atoms with Crippen molar-refractivity contribution < 1.29 is 4.92 Å². The van der Waals surface area contributed by atoms with E-state index in [0.717, 1.165) is 31.5 Å². The van der Waals surface area contributed by atoms with E-state index in [1.54, 1.807) is 0 Å². The molecule has 0 radical (unpaired) electrons. The van der Waals surface area contributed by atoms with Crippen molar-refractivity contribution in [3.8, 4) is 6.07 Å². The average Bonchev–Trinajstić information content (AvgIpc) is 2.43. The Morgan fingerprint density at radius 3 is 2.85 bits per heavy atom. The highest BCUT2D eigenvalue weighted by atomic mass is 16.6. The minimum absolute atomic E-state index is 0.0110. The highest BCUT2D eigenvalue weighted by Crippen LogP contribution is 2.21. The van der Waals surface area contributed by atoms with Gasteiger partial charge in [-0.25, -0.2) is 4.98 Å². The molecule has 7 nitrogen and oxygen atoms in total. The fraction of sp³-hybridized carbons (Fsp3) is 0.538. The Kier molecular flexibility index (Phi) is 4.48. The summed E-state index contributed by atoms with van der Waals surface area (Å²) >= 11 is 0. The highest BCUT2D eigenvalue weighted by Gasteiger charge is 2.20. The lowest BCUT2D eigenvalue weighted by atomic mass is 10.0. The van der Waals surface area contributed by atoms with Crippen molar-refractivity contribution in [2.45, 2.75) is 25.8 Å². The number of anilines is 1. The fourth-order valence-electron chi connectivity index (χ4n) is 2.34. The van der Waals surface area contributed by atoms with E-state index >= 15 is 0 Å². The van der Waals surface area contributed by atoms with Gasteiger partial charge in [0.25, 0.3) is 5.69 Å². The maximum absolute atomic E-state index is 10.7. The second-order valence-electron chi connectivity index (χ2n) is 4.97. The molecular weight excluding hydrogens is 258 g/mol. The van der Waals surface area contributed by atoms with Crippen LogP contribution in [0.25, 0.3) is 0 Å². The monoisotopic (exact) mass is 275 g/mol. The first-order valence-corrected chi connectivity index (χ1v) is 6.57. The number of pyridine rings is 1. The van der Waals surface area contributed by atoms with Gasteiger partial charge in [-0.2, -0.15) is 5.26 Å². The van der Waals surface area contributed by atoms with Gasteiger partial charge < -0.3 is 5.32 Å². The van der Waals surface area contributed by atoms with Gasteiger partial charge in [-0.15, -0.1) is 0 Å². The lowest BCUT2D eigenvalue weighted by molar-refractivity contribution is -0.385. The Labute approximate surface area is 117 Å². The van der Waals surface area contributed by atoms with Crippen LogP contribution in [0.3, 0.4) is 0 Å². The summed E-state index contributed by atoms with van der Waals surface area (Å²) < 4.78 is 0. The van der Waals surface area contributed by atoms with Crippen molar-refractivity contribution in [2.75, 3.05) is 25.0 Å². The zero-order valence-electron chi connectivity index (χ0n) is 11.4. The minimum atomic E-state index is -0.440. The second-order valence-corrected chi connectivity index (χ2v) is 4.97. The first kappa shape index (κ1) is 14.2. The van der Waals surface area contributed by atoms with E-state index in [4.69, 9.17) is 5.26 Å². The number of nitrogens with zero attached hydrogens (tertiary/aromatic N) is 4.